The van der Waals surface area contributed by atoms with Crippen LogP contribution in [0.2, 0.25) is 5.02 Å². The normalized spacial score (nSPS) is 14.7. The van der Waals surface area contributed by atoms with E-state index in [1.165, 1.54) is 6.20 Å². The predicted molar refractivity (Wildman–Crippen MR) is 120 cm³/mol. The predicted octanol–water partition coefficient (Wildman–Crippen LogP) is 5.02. The Morgan fingerprint density at radius 1 is 1.26 bits per heavy atom. The van der Waals surface area contributed by atoms with Crippen molar-refractivity contribution in [3.05, 3.63) is 33.1 Å². The highest BCUT2D eigenvalue weighted by Crippen LogP contribution is 2.38. The van der Waals surface area contributed by atoms with Gasteiger partial charge < -0.3 is 19.3 Å². The van der Waals surface area contributed by atoms with Gasteiger partial charge in [-0.15, -0.1) is 0 Å². The molecule has 0 atom stereocenters. The average Bonchev–Trinajstić information content (AvgIpc) is 2.70. The second kappa shape index (κ2) is 9.16. The van der Waals surface area contributed by atoms with Gasteiger partial charge in [-0.1, -0.05) is 11.6 Å². The van der Waals surface area contributed by atoms with E-state index in [-0.39, 0.29) is 27.2 Å². The van der Waals surface area contributed by atoms with E-state index >= 15 is 0 Å². The van der Waals surface area contributed by atoms with Crippen LogP contribution in [0.25, 0.3) is 10.9 Å². The maximum Gasteiger partial charge on any atom is 0.410 e. The molecule has 1 aliphatic heterocycles. The zero-order chi connectivity index (χ0) is 22.9. The Bertz CT molecular complexity index is 1020. The van der Waals surface area contributed by atoms with Crippen molar-refractivity contribution in [2.24, 2.45) is 0 Å². The Balaban J connectivity index is 1.99. The van der Waals surface area contributed by atoms with Crippen LogP contribution in [0.5, 0.6) is 0 Å². The molecular formula is C21H24BrClFN3O4. The molecule has 0 saturated carbocycles. The zero-order valence-electron chi connectivity index (χ0n) is 17.8. The number of aromatic nitrogens is 1. The summed E-state index contributed by atoms with van der Waals surface area (Å²) in [6, 6.07) is 1.58. The number of carbonyl (C=O) groups is 2. The van der Waals surface area contributed by atoms with Gasteiger partial charge in [0.15, 0.2) is 5.82 Å². The summed E-state index contributed by atoms with van der Waals surface area (Å²) in [4.78, 5) is 32.7. The Kier molecular flexibility index (Phi) is 6.95. The molecule has 1 amide bonds. The van der Waals surface area contributed by atoms with Crippen molar-refractivity contribution in [2.75, 3.05) is 37.7 Å². The fourth-order valence-electron chi connectivity index (χ4n) is 3.37. The number of piperazine rings is 1. The number of rotatable bonds is 3. The van der Waals surface area contributed by atoms with Crippen LogP contribution in [0.15, 0.2) is 16.7 Å². The molecule has 7 nitrogen and oxygen atoms in total. The van der Waals surface area contributed by atoms with Crippen molar-refractivity contribution in [3.8, 4) is 0 Å². The Morgan fingerprint density at radius 3 is 2.48 bits per heavy atom. The number of hydrogen-bond donors (Lipinski definition) is 0. The summed E-state index contributed by atoms with van der Waals surface area (Å²) < 4.78 is 25.5. The lowest BCUT2D eigenvalue weighted by molar-refractivity contribution is 0.0239. The van der Waals surface area contributed by atoms with Gasteiger partial charge in [-0.25, -0.2) is 14.0 Å². The molecule has 0 unspecified atom stereocenters. The number of benzene rings is 1. The fraction of sp³-hybridized carbons (Fsp3) is 0.476. The molecular weight excluding hydrogens is 493 g/mol. The summed E-state index contributed by atoms with van der Waals surface area (Å²) in [5.74, 6) is -1.16. The number of carbonyl (C=O) groups excluding carboxylic acids is 2. The molecule has 0 aliphatic carbocycles. The van der Waals surface area contributed by atoms with E-state index < -0.39 is 23.5 Å². The van der Waals surface area contributed by atoms with Gasteiger partial charge in [0.1, 0.15) is 16.7 Å². The summed E-state index contributed by atoms with van der Waals surface area (Å²) in [7, 11) is 0. The second-order valence-electron chi connectivity index (χ2n) is 8.08. The van der Waals surface area contributed by atoms with Crippen molar-refractivity contribution in [2.45, 2.75) is 33.3 Å². The molecule has 2 aromatic rings. The van der Waals surface area contributed by atoms with Crippen molar-refractivity contribution >= 4 is 56.2 Å². The Hall–Kier alpha value is -2.13. The second-order valence-corrected chi connectivity index (χ2v) is 9.28. The van der Waals surface area contributed by atoms with Crippen LogP contribution in [0.4, 0.5) is 14.9 Å². The summed E-state index contributed by atoms with van der Waals surface area (Å²) in [6.07, 6.45) is 0.926. The summed E-state index contributed by atoms with van der Waals surface area (Å²) in [5.41, 5.74) is 0.209. The summed E-state index contributed by atoms with van der Waals surface area (Å²) in [5, 5.41) is 0.573. The first-order chi connectivity index (χ1) is 14.5. The average molecular weight is 517 g/mol. The molecule has 3 rings (SSSR count). The number of halogens is 3. The Labute approximate surface area is 193 Å². The third kappa shape index (κ3) is 5.03. The lowest BCUT2D eigenvalue weighted by atomic mass is 10.1. The lowest BCUT2D eigenvalue weighted by Gasteiger charge is -2.37. The molecule has 0 spiro atoms. The van der Waals surface area contributed by atoms with Crippen molar-refractivity contribution in [3.63, 3.8) is 0 Å². The molecule has 1 saturated heterocycles. The number of fused-ring (bicyclic) bond motifs is 1. The van der Waals surface area contributed by atoms with Gasteiger partial charge in [0, 0.05) is 37.8 Å². The number of hydrogen-bond acceptors (Lipinski definition) is 6. The maximum absolute atomic E-state index is 14.8. The van der Waals surface area contributed by atoms with Crippen LogP contribution in [-0.2, 0) is 9.47 Å². The lowest BCUT2D eigenvalue weighted by Crippen LogP contribution is -2.50. The SMILES string of the molecule is CCOC(=O)c1cnc2c(F)c(Br)c(Cl)cc2c1N1CCN(C(=O)OC(C)(C)C)CC1. The van der Waals surface area contributed by atoms with Gasteiger partial charge in [-0.2, -0.15) is 0 Å². The molecule has 0 radical (unpaired) electrons. The van der Waals surface area contributed by atoms with Crippen LogP contribution in [0.3, 0.4) is 0 Å². The zero-order valence-corrected chi connectivity index (χ0v) is 20.1. The molecule has 1 aliphatic rings. The molecule has 2 heterocycles. The first-order valence-electron chi connectivity index (χ1n) is 9.89. The summed E-state index contributed by atoms with van der Waals surface area (Å²) in [6.45, 7) is 8.93. The third-order valence-corrected chi connectivity index (χ3v) is 6.01. The smallest absolute Gasteiger partial charge is 0.410 e. The van der Waals surface area contributed by atoms with Crippen LogP contribution in [-0.4, -0.2) is 60.3 Å². The van der Waals surface area contributed by atoms with Gasteiger partial charge in [0.2, 0.25) is 0 Å². The number of pyridine rings is 1. The van der Waals surface area contributed by atoms with Crippen LogP contribution < -0.4 is 4.90 Å². The molecule has 168 valence electrons. The van der Waals surface area contributed by atoms with E-state index in [4.69, 9.17) is 21.1 Å². The van der Waals surface area contributed by atoms with E-state index in [0.717, 1.165) is 0 Å². The number of nitrogens with zero attached hydrogens (tertiary/aromatic N) is 3. The number of esters is 1. The van der Waals surface area contributed by atoms with E-state index in [1.54, 1.807) is 17.9 Å². The largest absolute Gasteiger partial charge is 0.462 e. The molecule has 1 aromatic heterocycles. The highest BCUT2D eigenvalue weighted by Gasteiger charge is 2.30. The van der Waals surface area contributed by atoms with Crippen LogP contribution in [0.1, 0.15) is 38.1 Å². The van der Waals surface area contributed by atoms with Crippen LogP contribution >= 0.6 is 27.5 Å². The molecule has 31 heavy (non-hydrogen) atoms. The highest BCUT2D eigenvalue weighted by molar-refractivity contribution is 9.10. The fourth-order valence-corrected chi connectivity index (χ4v) is 3.86. The van der Waals surface area contributed by atoms with Crippen molar-refractivity contribution in [1.82, 2.24) is 9.88 Å². The minimum absolute atomic E-state index is 0.0916. The van der Waals surface area contributed by atoms with E-state index in [0.29, 0.717) is 37.3 Å². The van der Waals surface area contributed by atoms with Crippen molar-refractivity contribution < 1.29 is 23.5 Å². The minimum atomic E-state index is -0.605. The first-order valence-corrected chi connectivity index (χ1v) is 11.1. The molecule has 0 N–H and O–H groups in total. The monoisotopic (exact) mass is 515 g/mol. The van der Waals surface area contributed by atoms with Gasteiger partial charge in [0.05, 0.1) is 21.8 Å². The van der Waals surface area contributed by atoms with Gasteiger partial charge in [-0.3, -0.25) is 4.98 Å². The van der Waals surface area contributed by atoms with Gasteiger partial charge >= 0.3 is 12.1 Å². The molecule has 10 heteroatoms. The van der Waals surface area contributed by atoms with E-state index in [1.807, 2.05) is 25.7 Å². The topological polar surface area (TPSA) is 72.0 Å². The van der Waals surface area contributed by atoms with Crippen LogP contribution in [0, 0.1) is 5.82 Å². The molecule has 0 bridgehead atoms. The van der Waals surface area contributed by atoms with Gasteiger partial charge in [0.25, 0.3) is 0 Å². The molecule has 1 aromatic carbocycles. The maximum atomic E-state index is 14.8. The Morgan fingerprint density at radius 2 is 1.90 bits per heavy atom. The standard InChI is InChI=1S/C21H24BrClFN3O4/c1-5-30-19(28)13-11-25-17-12(10-14(23)15(22)16(17)24)18(13)26-6-8-27(9-7-26)20(29)31-21(2,3)4/h10-11H,5-9H2,1-4H3. The van der Waals surface area contributed by atoms with Crippen molar-refractivity contribution in [1.29, 1.82) is 0 Å². The number of amides is 1. The highest BCUT2D eigenvalue weighted by atomic mass is 79.9. The first kappa shape index (κ1) is 23.5. The van der Waals surface area contributed by atoms with E-state index in [2.05, 4.69) is 20.9 Å². The minimum Gasteiger partial charge on any atom is -0.462 e. The quantitative estimate of drug-likeness (QED) is 0.421. The van der Waals surface area contributed by atoms with Gasteiger partial charge in [-0.05, 0) is 49.7 Å². The number of ether oxygens (including phenoxy) is 2. The molecule has 1 fully saturated rings. The van der Waals surface area contributed by atoms with E-state index in [9.17, 15) is 14.0 Å². The third-order valence-electron chi connectivity index (χ3n) is 4.71. The summed E-state index contributed by atoms with van der Waals surface area (Å²) >= 11 is 9.33. The number of anilines is 1.